The first kappa shape index (κ1) is 54.8. The molecule has 0 bridgehead atoms. The Balaban J connectivity index is 0.000000273. The second-order valence-electron chi connectivity index (χ2n) is 15.7. The van der Waals surface area contributed by atoms with Crippen LogP contribution in [0.15, 0.2) is 47.3 Å². The number of aromatic nitrogens is 2. The molecule has 5 amide bonds. The minimum absolute atomic E-state index is 0.0376. The summed E-state index contributed by atoms with van der Waals surface area (Å²) >= 11 is 0. The molecule has 2 aromatic carbocycles. The molecule has 0 saturated carbocycles. The van der Waals surface area contributed by atoms with E-state index in [4.69, 9.17) is 20.2 Å². The Bertz CT molecular complexity index is 2410. The molecule has 4 heterocycles. The Kier molecular flexibility index (Phi) is 22.7. The molecule has 1 unspecified atom stereocenters. The maximum absolute atomic E-state index is 14.5. The number of fused-ring (bicyclic) bond motifs is 5. The minimum Gasteiger partial charge on any atom is -0.458 e. The van der Waals surface area contributed by atoms with Crippen LogP contribution in [0.25, 0.3) is 22.3 Å². The van der Waals surface area contributed by atoms with Crippen LogP contribution in [0.4, 0.5) is 4.39 Å². The van der Waals surface area contributed by atoms with Crippen LogP contribution in [-0.4, -0.2) is 96.7 Å². The maximum Gasteiger partial charge on any atom is 0.340 e. The number of esters is 1. The Morgan fingerprint density at radius 2 is 1.51 bits per heavy atom. The van der Waals surface area contributed by atoms with Crippen LogP contribution in [0.1, 0.15) is 92.5 Å². The summed E-state index contributed by atoms with van der Waals surface area (Å²) in [5.74, 6) is -2.50. The number of carbonyl (C=O) groups excluding carboxylic acids is 6. The molecular formula is C48H65FN8O10. The number of benzene rings is 2. The standard InChI is InChI=1S/C22H17FN2O4.C10H18N6O5.C7H16O.C7H8.C2H6/c1-9-10-3-2-4-11-13-7-25-17(19(13)24-16(18(10)11)6-15(9)23)5-12-14(21(25)27)8-29-22(28)20(12)26;11-5-16-10(21)4-15-9(20)3-14-8(19)2-13-7(18)1-12-6-17;1-4-5-8-6-7(2)3;1-7-5-3-2-4-6-7;1-2/h5-6,20,26H,2-4,7-8H2,1H3;6H,1-5,11H2,(H,12,17)(H,13,18)(H,14,19)(H,15,20)(H,16,21);7H,4-6H2,1-3H3;2-6H,1H3;1-2H3. The number of aliphatic hydroxyl groups excluding tert-OH is 1. The number of amides is 5. The van der Waals surface area contributed by atoms with E-state index in [-0.39, 0.29) is 56.4 Å². The Labute approximate surface area is 390 Å². The van der Waals surface area contributed by atoms with Crippen LogP contribution in [0.3, 0.4) is 0 Å². The van der Waals surface area contributed by atoms with Crippen molar-refractivity contribution in [2.24, 2.45) is 11.7 Å². The molecule has 0 saturated heterocycles. The normalized spacial score (nSPS) is 13.4. The van der Waals surface area contributed by atoms with Gasteiger partial charge >= 0.3 is 5.97 Å². The van der Waals surface area contributed by atoms with Crippen molar-refractivity contribution in [2.45, 2.75) is 93.4 Å². The smallest absolute Gasteiger partial charge is 0.340 e. The number of halogens is 1. The molecule has 19 heteroatoms. The van der Waals surface area contributed by atoms with Gasteiger partial charge in [-0.25, -0.2) is 14.2 Å². The van der Waals surface area contributed by atoms with E-state index < -0.39 is 35.7 Å². The number of cyclic esters (lactones) is 1. The third-order valence-corrected chi connectivity index (χ3v) is 10.3. The molecule has 8 N–H and O–H groups in total. The van der Waals surface area contributed by atoms with Crippen LogP contribution in [0.2, 0.25) is 0 Å². The average molecular weight is 933 g/mol. The first-order chi connectivity index (χ1) is 32.1. The number of hydrogen-bond acceptors (Lipinski definition) is 12. The summed E-state index contributed by atoms with van der Waals surface area (Å²) in [4.78, 5) is 84.1. The number of rotatable bonds is 14. The van der Waals surface area contributed by atoms with Gasteiger partial charge in [0.05, 0.1) is 61.9 Å². The third kappa shape index (κ3) is 15.8. The molecule has 1 aliphatic carbocycles. The predicted octanol–water partition coefficient (Wildman–Crippen LogP) is 2.66. The highest BCUT2D eigenvalue weighted by molar-refractivity contribution is 5.93. The fourth-order valence-corrected chi connectivity index (χ4v) is 7.10. The van der Waals surface area contributed by atoms with Gasteiger partial charge < -0.3 is 51.5 Å². The number of pyridine rings is 2. The van der Waals surface area contributed by atoms with Crippen molar-refractivity contribution < 1.29 is 47.7 Å². The maximum atomic E-state index is 14.5. The highest BCUT2D eigenvalue weighted by Crippen LogP contribution is 2.42. The number of nitrogens with zero attached hydrogens (tertiary/aromatic N) is 2. The molecule has 7 rings (SSSR count). The first-order valence-electron chi connectivity index (χ1n) is 22.4. The molecule has 67 heavy (non-hydrogen) atoms. The molecule has 0 spiro atoms. The monoisotopic (exact) mass is 932 g/mol. The van der Waals surface area contributed by atoms with E-state index in [1.165, 1.54) is 11.6 Å². The molecule has 364 valence electrons. The van der Waals surface area contributed by atoms with Crippen LogP contribution >= 0.6 is 0 Å². The van der Waals surface area contributed by atoms with Gasteiger partial charge in [-0.2, -0.15) is 0 Å². The van der Waals surface area contributed by atoms with E-state index in [0.29, 0.717) is 46.9 Å². The molecule has 4 aromatic rings. The number of nitrogens with two attached hydrogens (primary N) is 1. The summed E-state index contributed by atoms with van der Waals surface area (Å²) < 4.78 is 26.3. The lowest BCUT2D eigenvalue weighted by Gasteiger charge is -2.22. The van der Waals surface area contributed by atoms with Gasteiger partial charge in [-0.05, 0) is 68.2 Å². The third-order valence-electron chi connectivity index (χ3n) is 10.3. The fourth-order valence-electron chi connectivity index (χ4n) is 7.10. The Morgan fingerprint density at radius 3 is 2.06 bits per heavy atom. The number of aliphatic hydroxyl groups is 1. The molecule has 18 nitrogen and oxygen atoms in total. The number of ether oxygens (including phenoxy) is 2. The SMILES string of the molecule is CC.CCCOCC(C)C.Cc1c(F)cc2nc3c(c4c2c1CCC4)Cn1c-3cc2c(c1=O)COC(=O)C2O.Cc1ccccc1.NCNC(=O)CNC(=O)CNC(=O)CNC(=O)CNC=O. The average Bonchev–Trinajstić information content (AvgIpc) is 3.69. The van der Waals surface area contributed by atoms with E-state index >= 15 is 0 Å². The van der Waals surface area contributed by atoms with Gasteiger partial charge in [-0.3, -0.25) is 28.8 Å². The van der Waals surface area contributed by atoms with Crippen molar-refractivity contribution in [1.82, 2.24) is 36.1 Å². The van der Waals surface area contributed by atoms with Crippen molar-refractivity contribution in [3.63, 3.8) is 0 Å². The van der Waals surface area contributed by atoms with Gasteiger partial charge in [-0.1, -0.05) is 70.5 Å². The van der Waals surface area contributed by atoms with Gasteiger partial charge in [0.15, 0.2) is 6.10 Å². The summed E-state index contributed by atoms with van der Waals surface area (Å²) in [6, 6.07) is 13.4. The number of hydrogen-bond donors (Lipinski definition) is 7. The van der Waals surface area contributed by atoms with Crippen molar-refractivity contribution in [1.29, 1.82) is 0 Å². The fraction of sp³-hybridized carbons (Fsp3) is 0.458. The van der Waals surface area contributed by atoms with Crippen LogP contribution in [0, 0.1) is 25.6 Å². The lowest BCUT2D eigenvalue weighted by Crippen LogP contribution is -2.45. The lowest BCUT2D eigenvalue weighted by atomic mass is 9.85. The second kappa shape index (κ2) is 27.8. The lowest BCUT2D eigenvalue weighted by molar-refractivity contribution is -0.157. The quantitative estimate of drug-likeness (QED) is 0.0367. The largest absolute Gasteiger partial charge is 0.458 e. The molecule has 0 radical (unpaired) electrons. The number of aryl methyl sites for hydroxylation is 3. The number of nitrogens with one attached hydrogen (secondary N) is 5. The van der Waals surface area contributed by atoms with Gasteiger partial charge in [0.1, 0.15) is 12.4 Å². The molecule has 3 aliphatic rings. The zero-order valence-corrected chi connectivity index (χ0v) is 39.4. The van der Waals surface area contributed by atoms with E-state index in [2.05, 4.69) is 66.4 Å². The highest BCUT2D eigenvalue weighted by Gasteiger charge is 2.35. The summed E-state index contributed by atoms with van der Waals surface area (Å²) in [5, 5.41) is 22.4. The van der Waals surface area contributed by atoms with E-state index in [1.54, 1.807) is 17.6 Å². The van der Waals surface area contributed by atoms with Crippen LogP contribution in [0.5, 0.6) is 0 Å². The summed E-state index contributed by atoms with van der Waals surface area (Å²) in [5.41, 5.74) is 12.2. The van der Waals surface area contributed by atoms with E-state index in [0.717, 1.165) is 61.0 Å². The zero-order chi connectivity index (χ0) is 49.6. The minimum atomic E-state index is -1.48. The summed E-state index contributed by atoms with van der Waals surface area (Å²) in [6.45, 7) is 15.2. The van der Waals surface area contributed by atoms with Crippen molar-refractivity contribution in [2.75, 3.05) is 46.1 Å². The molecule has 0 fully saturated rings. The zero-order valence-electron chi connectivity index (χ0n) is 39.4. The van der Waals surface area contributed by atoms with Gasteiger partial charge in [0.2, 0.25) is 30.0 Å². The summed E-state index contributed by atoms with van der Waals surface area (Å²) in [7, 11) is 0. The van der Waals surface area contributed by atoms with Crippen molar-refractivity contribution in [3.05, 3.63) is 97.6 Å². The molecule has 1 atom stereocenters. The number of carbonyl (C=O) groups is 6. The van der Waals surface area contributed by atoms with Crippen molar-refractivity contribution >= 4 is 46.9 Å². The van der Waals surface area contributed by atoms with Crippen LogP contribution < -0.4 is 37.9 Å². The van der Waals surface area contributed by atoms with Gasteiger partial charge in [0.25, 0.3) is 5.56 Å². The van der Waals surface area contributed by atoms with Crippen LogP contribution in [-0.2, 0) is 64.2 Å². The van der Waals surface area contributed by atoms with E-state index in [1.807, 2.05) is 32.0 Å². The molecular weight excluding hydrogens is 868 g/mol. The van der Waals surface area contributed by atoms with Crippen molar-refractivity contribution in [3.8, 4) is 11.4 Å². The highest BCUT2D eigenvalue weighted by atomic mass is 19.1. The summed E-state index contributed by atoms with van der Waals surface area (Å²) in [6.07, 6.45) is 2.60. The first-order valence-corrected chi connectivity index (χ1v) is 22.4. The van der Waals surface area contributed by atoms with Gasteiger partial charge in [-0.15, -0.1) is 0 Å². The molecule has 2 aliphatic heterocycles. The Hall–Kier alpha value is -6.57. The van der Waals surface area contributed by atoms with Gasteiger partial charge in [0, 0.05) is 35.8 Å². The topological polar surface area (TPSA) is 262 Å². The molecule has 2 aromatic heterocycles. The second-order valence-corrected chi connectivity index (χ2v) is 15.7. The van der Waals surface area contributed by atoms with E-state index in [9.17, 15) is 43.1 Å². The predicted molar refractivity (Wildman–Crippen MR) is 251 cm³/mol. The Morgan fingerprint density at radius 1 is 0.910 bits per heavy atom.